The van der Waals surface area contributed by atoms with E-state index in [9.17, 15) is 9.59 Å². The topological polar surface area (TPSA) is 99.8 Å². The van der Waals surface area contributed by atoms with Crippen LogP contribution in [0.1, 0.15) is 22.5 Å². The zero-order chi connectivity index (χ0) is 19.1. The van der Waals surface area contributed by atoms with E-state index in [1.54, 1.807) is 24.3 Å². The summed E-state index contributed by atoms with van der Waals surface area (Å²) in [6.45, 7) is 0.581. The number of para-hydroxylation sites is 1. The molecule has 0 radical (unpaired) electrons. The van der Waals surface area contributed by atoms with Crippen molar-refractivity contribution in [3.05, 3.63) is 72.2 Å². The van der Waals surface area contributed by atoms with Gasteiger partial charge in [0.05, 0.1) is 12.5 Å². The number of nitriles is 1. The highest BCUT2D eigenvalue weighted by Crippen LogP contribution is 2.22. The van der Waals surface area contributed by atoms with E-state index in [0.717, 1.165) is 16.5 Å². The number of amides is 2. The van der Waals surface area contributed by atoms with Crippen LogP contribution in [0.2, 0.25) is 0 Å². The van der Waals surface area contributed by atoms with E-state index >= 15 is 0 Å². The number of pyridine rings is 1. The van der Waals surface area contributed by atoms with Gasteiger partial charge in [0.1, 0.15) is 5.69 Å². The first-order valence-corrected chi connectivity index (χ1v) is 8.33. The standard InChI is InChI=1S/C20H17N5O2/c21-11-5-13-25-14-15(16-6-1-2-8-18(16)25)9-10-19(26)23-24-20(27)17-7-3-4-12-22-17/h1-4,6-10,12,14H,5,13H2,(H,23,26)(H,24,27)/b10-9+. The fourth-order valence-electron chi connectivity index (χ4n) is 2.65. The van der Waals surface area contributed by atoms with Gasteiger partial charge in [0.2, 0.25) is 0 Å². The second kappa shape index (κ2) is 8.45. The number of carbonyl (C=O) groups is 2. The predicted molar refractivity (Wildman–Crippen MR) is 101 cm³/mol. The van der Waals surface area contributed by atoms with Crippen LogP contribution in [0.4, 0.5) is 0 Å². The number of hydrazine groups is 1. The highest BCUT2D eigenvalue weighted by molar-refractivity contribution is 5.98. The maximum absolute atomic E-state index is 12.0. The quantitative estimate of drug-likeness (QED) is 0.540. The average molecular weight is 359 g/mol. The lowest BCUT2D eigenvalue weighted by Gasteiger charge is -2.04. The Morgan fingerprint density at radius 2 is 1.96 bits per heavy atom. The third kappa shape index (κ3) is 4.38. The van der Waals surface area contributed by atoms with Crippen LogP contribution in [0, 0.1) is 11.3 Å². The monoisotopic (exact) mass is 359 g/mol. The molecule has 134 valence electrons. The normalized spacial score (nSPS) is 10.6. The van der Waals surface area contributed by atoms with E-state index in [4.69, 9.17) is 5.26 Å². The lowest BCUT2D eigenvalue weighted by atomic mass is 10.1. The van der Waals surface area contributed by atoms with Crippen molar-refractivity contribution in [1.82, 2.24) is 20.4 Å². The number of carbonyl (C=O) groups excluding carboxylic acids is 2. The highest BCUT2D eigenvalue weighted by Gasteiger charge is 2.08. The van der Waals surface area contributed by atoms with Gasteiger partial charge in [0, 0.05) is 41.5 Å². The summed E-state index contributed by atoms with van der Waals surface area (Å²) < 4.78 is 1.99. The number of fused-ring (bicyclic) bond motifs is 1. The third-order valence-corrected chi connectivity index (χ3v) is 3.89. The zero-order valence-electron chi connectivity index (χ0n) is 14.4. The third-order valence-electron chi connectivity index (χ3n) is 3.89. The second-order valence-corrected chi connectivity index (χ2v) is 5.69. The van der Waals surface area contributed by atoms with Crippen LogP contribution in [0.15, 0.2) is 60.9 Å². The second-order valence-electron chi connectivity index (χ2n) is 5.69. The minimum absolute atomic E-state index is 0.211. The first-order valence-electron chi connectivity index (χ1n) is 8.33. The number of nitrogens with zero attached hydrogens (tertiary/aromatic N) is 3. The summed E-state index contributed by atoms with van der Waals surface area (Å²) in [4.78, 5) is 27.7. The van der Waals surface area contributed by atoms with E-state index < -0.39 is 11.8 Å². The first kappa shape index (κ1) is 17.9. The molecule has 0 saturated heterocycles. The Bertz CT molecular complexity index is 1030. The molecule has 0 saturated carbocycles. The Kier molecular flexibility index (Phi) is 5.60. The average Bonchev–Trinajstić information content (AvgIpc) is 3.07. The molecule has 0 unspecified atom stereocenters. The van der Waals surface area contributed by atoms with Gasteiger partial charge in [0.25, 0.3) is 11.8 Å². The molecule has 7 heteroatoms. The fourth-order valence-corrected chi connectivity index (χ4v) is 2.65. The van der Waals surface area contributed by atoms with Gasteiger partial charge >= 0.3 is 0 Å². The maximum atomic E-state index is 12.0. The van der Waals surface area contributed by atoms with Crippen molar-refractivity contribution in [1.29, 1.82) is 5.26 Å². The van der Waals surface area contributed by atoms with Crippen LogP contribution in [0.25, 0.3) is 17.0 Å². The number of aromatic nitrogens is 2. The van der Waals surface area contributed by atoms with E-state index in [1.807, 2.05) is 35.0 Å². The summed E-state index contributed by atoms with van der Waals surface area (Å²) in [7, 11) is 0. The molecule has 2 amide bonds. The molecular formula is C20H17N5O2. The SMILES string of the molecule is N#CCCn1cc(/C=C/C(=O)NNC(=O)c2ccccn2)c2ccccc21. The van der Waals surface area contributed by atoms with Gasteiger partial charge in [-0.3, -0.25) is 25.4 Å². The molecule has 0 bridgehead atoms. The van der Waals surface area contributed by atoms with Crippen molar-refractivity contribution >= 4 is 28.8 Å². The Morgan fingerprint density at radius 3 is 2.74 bits per heavy atom. The molecule has 1 aromatic carbocycles. The van der Waals surface area contributed by atoms with Crippen molar-refractivity contribution in [3.8, 4) is 6.07 Å². The summed E-state index contributed by atoms with van der Waals surface area (Å²) in [6.07, 6.45) is 6.82. The van der Waals surface area contributed by atoms with Gasteiger partial charge < -0.3 is 4.57 Å². The smallest absolute Gasteiger partial charge is 0.288 e. The van der Waals surface area contributed by atoms with Crippen molar-refractivity contribution in [2.45, 2.75) is 13.0 Å². The molecule has 0 atom stereocenters. The van der Waals surface area contributed by atoms with Gasteiger partial charge in [-0.05, 0) is 24.3 Å². The molecule has 0 aliphatic rings. The van der Waals surface area contributed by atoms with Crippen LogP contribution in [0.3, 0.4) is 0 Å². The fraction of sp³-hybridized carbons (Fsp3) is 0.100. The van der Waals surface area contributed by atoms with Crippen LogP contribution in [-0.2, 0) is 11.3 Å². The number of rotatable bonds is 5. The van der Waals surface area contributed by atoms with Crippen molar-refractivity contribution in [2.75, 3.05) is 0 Å². The van der Waals surface area contributed by atoms with Crippen molar-refractivity contribution in [3.63, 3.8) is 0 Å². The van der Waals surface area contributed by atoms with Gasteiger partial charge in [-0.15, -0.1) is 0 Å². The molecule has 3 aromatic rings. The van der Waals surface area contributed by atoms with E-state index in [0.29, 0.717) is 13.0 Å². The number of benzene rings is 1. The number of aryl methyl sites for hydroxylation is 1. The molecule has 0 aliphatic carbocycles. The van der Waals surface area contributed by atoms with Crippen molar-refractivity contribution in [2.24, 2.45) is 0 Å². The van der Waals surface area contributed by atoms with Gasteiger partial charge in [-0.1, -0.05) is 24.3 Å². The van der Waals surface area contributed by atoms with Crippen LogP contribution in [-0.4, -0.2) is 21.4 Å². The number of hydrogen-bond acceptors (Lipinski definition) is 4. The highest BCUT2D eigenvalue weighted by atomic mass is 16.2. The number of nitrogens with one attached hydrogen (secondary N) is 2. The largest absolute Gasteiger partial charge is 0.346 e. The van der Waals surface area contributed by atoms with Gasteiger partial charge in [-0.2, -0.15) is 5.26 Å². The summed E-state index contributed by atoms with van der Waals surface area (Å²) in [5.74, 6) is -0.960. The van der Waals surface area contributed by atoms with Crippen molar-refractivity contribution < 1.29 is 9.59 Å². The molecule has 3 rings (SSSR count). The van der Waals surface area contributed by atoms with Gasteiger partial charge in [0.15, 0.2) is 0 Å². The minimum atomic E-state index is -0.495. The maximum Gasteiger partial charge on any atom is 0.288 e. The molecule has 0 spiro atoms. The van der Waals surface area contributed by atoms with E-state index in [2.05, 4.69) is 21.9 Å². The number of hydrogen-bond donors (Lipinski definition) is 2. The van der Waals surface area contributed by atoms with Crippen LogP contribution in [0.5, 0.6) is 0 Å². The lowest BCUT2D eigenvalue weighted by Crippen LogP contribution is -2.41. The first-order chi connectivity index (χ1) is 13.2. The Labute approximate surface area is 155 Å². The Balaban J connectivity index is 1.67. The van der Waals surface area contributed by atoms with E-state index in [1.165, 1.54) is 12.3 Å². The summed E-state index contributed by atoms with van der Waals surface area (Å²) in [5, 5.41) is 9.78. The van der Waals surface area contributed by atoms with Crippen LogP contribution >= 0.6 is 0 Å². The Morgan fingerprint density at radius 1 is 1.15 bits per heavy atom. The molecule has 2 heterocycles. The predicted octanol–water partition coefficient (Wildman–Crippen LogP) is 2.42. The van der Waals surface area contributed by atoms with E-state index in [-0.39, 0.29) is 5.69 Å². The van der Waals surface area contributed by atoms with Crippen LogP contribution < -0.4 is 10.9 Å². The molecule has 7 nitrogen and oxygen atoms in total. The molecule has 0 fully saturated rings. The molecule has 0 aliphatic heterocycles. The lowest BCUT2D eigenvalue weighted by molar-refractivity contribution is -0.117. The molecule has 2 aromatic heterocycles. The molecule has 27 heavy (non-hydrogen) atoms. The summed E-state index contributed by atoms with van der Waals surface area (Å²) in [6, 6.07) is 14.8. The Hall–Kier alpha value is -3.92. The minimum Gasteiger partial charge on any atom is -0.346 e. The summed E-state index contributed by atoms with van der Waals surface area (Å²) >= 11 is 0. The van der Waals surface area contributed by atoms with Gasteiger partial charge in [-0.25, -0.2) is 0 Å². The molecular weight excluding hydrogens is 342 g/mol. The zero-order valence-corrected chi connectivity index (χ0v) is 14.4. The summed E-state index contributed by atoms with van der Waals surface area (Å²) in [5.41, 5.74) is 6.70. The molecule has 2 N–H and O–H groups in total.